The monoisotopic (exact) mass is 548 g/mol. The highest BCUT2D eigenvalue weighted by Gasteiger charge is 2.22. The Morgan fingerprint density at radius 2 is 1.78 bits per heavy atom. The number of nitrogens with zero attached hydrogens (tertiary/aromatic N) is 4. The zero-order chi connectivity index (χ0) is 26.5. The SMILES string of the molecule is CN(C)CCN1CCC(ON=C(c2ccc(=O)n(-c3c(Cl)cccc3Cl)c2)c2ccc(F)cc2F)CC1. The number of rotatable bonds is 8. The molecule has 1 aliphatic heterocycles. The first-order chi connectivity index (χ1) is 17.7. The van der Waals surface area contributed by atoms with E-state index in [0.717, 1.165) is 51.2 Å². The maximum Gasteiger partial charge on any atom is 0.255 e. The molecule has 37 heavy (non-hydrogen) atoms. The number of likely N-dealkylation sites (tertiary alicyclic amines) is 1. The lowest BCUT2D eigenvalue weighted by atomic mass is 10.0. The van der Waals surface area contributed by atoms with Gasteiger partial charge in [-0.25, -0.2) is 8.78 Å². The largest absolute Gasteiger partial charge is 0.392 e. The molecular weight excluding hydrogens is 521 g/mol. The van der Waals surface area contributed by atoms with E-state index in [2.05, 4.69) is 15.0 Å². The number of para-hydroxylation sites is 1. The number of aromatic nitrogens is 1. The molecule has 10 heteroatoms. The van der Waals surface area contributed by atoms with Crippen molar-refractivity contribution in [2.75, 3.05) is 40.3 Å². The molecule has 1 aliphatic rings. The van der Waals surface area contributed by atoms with Crippen LogP contribution in [-0.2, 0) is 4.84 Å². The molecule has 0 bridgehead atoms. The number of halogens is 4. The van der Waals surface area contributed by atoms with Crippen molar-refractivity contribution in [1.82, 2.24) is 14.4 Å². The standard InChI is InChI=1S/C27H28Cl2F2N4O2/c1-33(2)14-15-34-12-10-20(11-13-34)37-32-26(21-8-7-19(30)16-24(21)31)18-6-9-25(36)35(17-18)27-22(28)4-3-5-23(27)29/h3-9,16-17,20H,10-15H2,1-2H3. The Kier molecular flexibility index (Phi) is 8.97. The Labute approximate surface area is 224 Å². The zero-order valence-electron chi connectivity index (χ0n) is 20.6. The van der Waals surface area contributed by atoms with Gasteiger partial charge >= 0.3 is 0 Å². The van der Waals surface area contributed by atoms with E-state index in [9.17, 15) is 13.6 Å². The van der Waals surface area contributed by atoms with E-state index in [4.69, 9.17) is 28.0 Å². The Morgan fingerprint density at radius 3 is 2.43 bits per heavy atom. The third-order valence-corrected chi connectivity index (χ3v) is 6.85. The fraction of sp³-hybridized carbons (Fsp3) is 0.333. The van der Waals surface area contributed by atoms with Gasteiger partial charge in [-0.1, -0.05) is 34.4 Å². The van der Waals surface area contributed by atoms with Crippen molar-refractivity contribution >= 4 is 28.9 Å². The number of piperidine rings is 1. The third kappa shape index (κ3) is 6.76. The van der Waals surface area contributed by atoms with Crippen molar-refractivity contribution in [3.8, 4) is 5.69 Å². The molecule has 0 amide bonds. The minimum absolute atomic E-state index is 0.0419. The summed E-state index contributed by atoms with van der Waals surface area (Å²) in [4.78, 5) is 23.1. The van der Waals surface area contributed by atoms with Gasteiger partial charge in [-0.3, -0.25) is 9.36 Å². The summed E-state index contributed by atoms with van der Waals surface area (Å²) in [6.07, 6.45) is 2.86. The van der Waals surface area contributed by atoms with Crippen LogP contribution in [0.1, 0.15) is 24.0 Å². The molecule has 2 heterocycles. The van der Waals surface area contributed by atoms with E-state index in [1.807, 2.05) is 14.1 Å². The van der Waals surface area contributed by atoms with Crippen LogP contribution in [-0.4, -0.2) is 66.5 Å². The smallest absolute Gasteiger partial charge is 0.255 e. The lowest BCUT2D eigenvalue weighted by molar-refractivity contribution is 0.0101. The first-order valence-corrected chi connectivity index (χ1v) is 12.7. The van der Waals surface area contributed by atoms with Crippen LogP contribution in [0.15, 0.2) is 64.7 Å². The van der Waals surface area contributed by atoms with E-state index < -0.39 is 11.6 Å². The molecule has 2 aromatic carbocycles. The Morgan fingerprint density at radius 1 is 1.08 bits per heavy atom. The summed E-state index contributed by atoms with van der Waals surface area (Å²) < 4.78 is 29.8. The molecule has 1 fully saturated rings. The summed E-state index contributed by atoms with van der Waals surface area (Å²) in [6.45, 7) is 3.68. The first-order valence-electron chi connectivity index (χ1n) is 12.0. The fourth-order valence-corrected chi connectivity index (χ4v) is 4.75. The number of oxime groups is 1. The summed E-state index contributed by atoms with van der Waals surface area (Å²) in [6, 6.07) is 11.0. The second kappa shape index (κ2) is 12.2. The van der Waals surface area contributed by atoms with Crippen molar-refractivity contribution in [1.29, 1.82) is 0 Å². The summed E-state index contributed by atoms with van der Waals surface area (Å²) in [5, 5.41) is 4.88. The van der Waals surface area contributed by atoms with Gasteiger partial charge in [0.05, 0.1) is 15.7 Å². The number of benzene rings is 2. The maximum absolute atomic E-state index is 14.9. The number of hydrogen-bond donors (Lipinski definition) is 0. The van der Waals surface area contributed by atoms with Crippen LogP contribution in [0.4, 0.5) is 8.78 Å². The highest BCUT2D eigenvalue weighted by molar-refractivity contribution is 6.37. The number of hydrogen-bond acceptors (Lipinski definition) is 5. The van der Waals surface area contributed by atoms with E-state index in [-0.39, 0.29) is 33.0 Å². The van der Waals surface area contributed by atoms with E-state index in [0.29, 0.717) is 11.3 Å². The van der Waals surface area contributed by atoms with Gasteiger partial charge in [0, 0.05) is 55.6 Å². The summed E-state index contributed by atoms with van der Waals surface area (Å²) in [7, 11) is 4.09. The minimum Gasteiger partial charge on any atom is -0.392 e. The highest BCUT2D eigenvalue weighted by atomic mass is 35.5. The molecule has 1 aromatic heterocycles. The first kappa shape index (κ1) is 27.3. The highest BCUT2D eigenvalue weighted by Crippen LogP contribution is 2.28. The predicted molar refractivity (Wildman–Crippen MR) is 143 cm³/mol. The van der Waals surface area contributed by atoms with Gasteiger partial charge in [0.2, 0.25) is 0 Å². The summed E-state index contributed by atoms with van der Waals surface area (Å²) in [5.41, 5.74) is 0.459. The van der Waals surface area contributed by atoms with Crippen molar-refractivity contribution in [3.05, 3.63) is 97.9 Å². The maximum atomic E-state index is 14.9. The van der Waals surface area contributed by atoms with Crippen LogP contribution >= 0.6 is 23.2 Å². The lowest BCUT2D eigenvalue weighted by Crippen LogP contribution is -2.40. The Bertz CT molecular complexity index is 1320. The number of pyridine rings is 1. The van der Waals surface area contributed by atoms with E-state index in [1.54, 1.807) is 18.2 Å². The van der Waals surface area contributed by atoms with Crippen molar-refractivity contribution in [2.24, 2.45) is 5.16 Å². The predicted octanol–water partition coefficient (Wildman–Crippen LogP) is 5.22. The van der Waals surface area contributed by atoms with Crippen LogP contribution in [0.5, 0.6) is 0 Å². The van der Waals surface area contributed by atoms with Gasteiger partial charge in [0.1, 0.15) is 23.5 Å². The van der Waals surface area contributed by atoms with Crippen LogP contribution in [0, 0.1) is 11.6 Å². The molecule has 0 atom stereocenters. The number of likely N-dealkylation sites (N-methyl/N-ethyl adjacent to an activating group) is 1. The zero-order valence-corrected chi connectivity index (χ0v) is 22.1. The van der Waals surface area contributed by atoms with E-state index in [1.165, 1.54) is 29.0 Å². The van der Waals surface area contributed by atoms with Gasteiger partial charge in [0.25, 0.3) is 5.56 Å². The van der Waals surface area contributed by atoms with E-state index >= 15 is 0 Å². The normalized spacial score (nSPS) is 15.4. The van der Waals surface area contributed by atoms with Crippen LogP contribution in [0.25, 0.3) is 5.69 Å². The summed E-state index contributed by atoms with van der Waals surface area (Å²) >= 11 is 12.7. The molecule has 3 aromatic rings. The molecule has 0 saturated carbocycles. The fourth-order valence-electron chi connectivity index (χ4n) is 4.17. The molecule has 1 saturated heterocycles. The average molecular weight is 549 g/mol. The quantitative estimate of drug-likeness (QED) is 0.286. The summed E-state index contributed by atoms with van der Waals surface area (Å²) in [5.74, 6) is -1.51. The molecule has 4 rings (SSSR count). The van der Waals surface area contributed by atoms with Crippen LogP contribution in [0.2, 0.25) is 10.0 Å². The van der Waals surface area contributed by atoms with Gasteiger partial charge < -0.3 is 14.6 Å². The second-order valence-corrected chi connectivity index (χ2v) is 10.0. The molecule has 0 unspecified atom stereocenters. The molecule has 196 valence electrons. The van der Waals surface area contributed by atoms with Crippen molar-refractivity contribution in [2.45, 2.75) is 18.9 Å². The minimum atomic E-state index is -0.797. The molecule has 0 radical (unpaired) electrons. The molecule has 0 aliphatic carbocycles. The molecule has 6 nitrogen and oxygen atoms in total. The average Bonchev–Trinajstić information content (AvgIpc) is 2.86. The lowest BCUT2D eigenvalue weighted by Gasteiger charge is -2.31. The Hall–Kier alpha value is -2.78. The van der Waals surface area contributed by atoms with Crippen molar-refractivity contribution < 1.29 is 13.6 Å². The van der Waals surface area contributed by atoms with Gasteiger partial charge in [0.15, 0.2) is 0 Å². The van der Waals surface area contributed by atoms with Gasteiger partial charge in [-0.15, -0.1) is 0 Å². The Balaban J connectivity index is 1.66. The third-order valence-electron chi connectivity index (χ3n) is 6.24. The molecule has 0 N–H and O–H groups in total. The molecular formula is C27H28Cl2F2N4O2. The van der Waals surface area contributed by atoms with Crippen molar-refractivity contribution in [3.63, 3.8) is 0 Å². The molecule has 0 spiro atoms. The van der Waals surface area contributed by atoms with Crippen LogP contribution in [0.3, 0.4) is 0 Å². The van der Waals surface area contributed by atoms with Gasteiger partial charge in [-0.05, 0) is 57.3 Å². The van der Waals surface area contributed by atoms with Gasteiger partial charge in [-0.2, -0.15) is 0 Å². The van der Waals surface area contributed by atoms with Crippen LogP contribution < -0.4 is 5.56 Å². The topological polar surface area (TPSA) is 50.1 Å². The second-order valence-electron chi connectivity index (χ2n) is 9.21.